The summed E-state index contributed by atoms with van der Waals surface area (Å²) in [6.45, 7) is 6.37. The summed E-state index contributed by atoms with van der Waals surface area (Å²) in [6, 6.07) is 12.4. The van der Waals surface area contributed by atoms with E-state index < -0.39 is 11.9 Å². The van der Waals surface area contributed by atoms with Crippen LogP contribution in [0.3, 0.4) is 0 Å². The molecule has 0 bridgehead atoms. The molecular formula is C28H30N2O5. The molecule has 0 aromatic heterocycles. The Morgan fingerprint density at radius 3 is 2.46 bits per heavy atom. The zero-order valence-electron chi connectivity index (χ0n) is 20.3. The topological polar surface area (TPSA) is 84.0 Å². The van der Waals surface area contributed by atoms with Crippen LogP contribution >= 0.6 is 0 Å². The average Bonchev–Trinajstić information content (AvgIpc) is 3.33. The van der Waals surface area contributed by atoms with Crippen molar-refractivity contribution >= 4 is 35.1 Å². The first kappa shape index (κ1) is 23.3. The fourth-order valence-electron chi connectivity index (χ4n) is 5.54. The lowest BCUT2D eigenvalue weighted by Gasteiger charge is -2.25. The van der Waals surface area contributed by atoms with E-state index in [-0.39, 0.29) is 48.3 Å². The molecule has 2 saturated heterocycles. The Bertz CT molecular complexity index is 1220. The van der Waals surface area contributed by atoms with E-state index in [1.807, 2.05) is 32.0 Å². The summed E-state index contributed by atoms with van der Waals surface area (Å²) in [6.07, 6.45) is 2.49. The summed E-state index contributed by atoms with van der Waals surface area (Å²) in [7, 11) is 0. The highest BCUT2D eigenvalue weighted by atomic mass is 16.5. The van der Waals surface area contributed by atoms with Gasteiger partial charge in [-0.2, -0.15) is 0 Å². The number of rotatable bonds is 4. The largest absolute Gasteiger partial charge is 0.426 e. The molecule has 4 atom stereocenters. The highest BCUT2D eigenvalue weighted by Crippen LogP contribution is 2.42. The third kappa shape index (κ3) is 4.24. The number of hydrogen-bond donors (Lipinski definition) is 0. The molecule has 182 valence electrons. The van der Waals surface area contributed by atoms with Gasteiger partial charge in [0.2, 0.25) is 17.7 Å². The van der Waals surface area contributed by atoms with Crippen LogP contribution in [0.2, 0.25) is 0 Å². The lowest BCUT2D eigenvalue weighted by molar-refractivity contribution is -0.139. The molecule has 7 heteroatoms. The zero-order chi connectivity index (χ0) is 24.9. The molecule has 0 unspecified atom stereocenters. The first-order valence-electron chi connectivity index (χ1n) is 12.3. The van der Waals surface area contributed by atoms with E-state index in [1.165, 1.54) is 4.90 Å². The molecule has 2 heterocycles. The normalized spacial score (nSPS) is 26.3. The van der Waals surface area contributed by atoms with E-state index in [0.29, 0.717) is 11.6 Å². The second-order valence-corrected chi connectivity index (χ2v) is 10.2. The van der Waals surface area contributed by atoms with E-state index in [4.69, 9.17) is 4.74 Å². The SMILES string of the molecule is Cc1ccc(N2C[C@H](C(=O)Oc3cccc(N4C(=O)[C@@H]5CC[C@@H](C)C[C@H]5C4=O)c3)CC2=O)cc1C. The number of fused-ring (bicyclic) bond motifs is 1. The van der Waals surface area contributed by atoms with E-state index in [2.05, 4.69) is 6.92 Å². The van der Waals surface area contributed by atoms with Crippen LogP contribution in [0.5, 0.6) is 5.75 Å². The Hall–Kier alpha value is -3.48. The number of aryl methyl sites for hydroxylation is 2. The highest BCUT2D eigenvalue weighted by molar-refractivity contribution is 6.22. The summed E-state index contributed by atoms with van der Waals surface area (Å²) >= 11 is 0. The number of benzene rings is 2. The predicted octanol–water partition coefficient (Wildman–Crippen LogP) is 4.19. The van der Waals surface area contributed by atoms with Crippen LogP contribution < -0.4 is 14.5 Å². The lowest BCUT2D eigenvalue weighted by atomic mass is 9.76. The van der Waals surface area contributed by atoms with Gasteiger partial charge in [0.15, 0.2) is 0 Å². The third-order valence-electron chi connectivity index (χ3n) is 7.74. The van der Waals surface area contributed by atoms with Gasteiger partial charge in [-0.25, -0.2) is 4.90 Å². The first-order chi connectivity index (χ1) is 16.7. The van der Waals surface area contributed by atoms with Crippen LogP contribution in [0.4, 0.5) is 11.4 Å². The minimum Gasteiger partial charge on any atom is -0.426 e. The molecule has 35 heavy (non-hydrogen) atoms. The summed E-state index contributed by atoms with van der Waals surface area (Å²) in [5.41, 5.74) is 3.42. The number of anilines is 2. The van der Waals surface area contributed by atoms with Crippen LogP contribution in [0, 0.1) is 37.5 Å². The molecule has 0 radical (unpaired) electrons. The molecule has 0 N–H and O–H groups in total. The monoisotopic (exact) mass is 474 g/mol. The quantitative estimate of drug-likeness (QED) is 0.377. The maximum Gasteiger partial charge on any atom is 0.316 e. The number of ether oxygens (including phenoxy) is 1. The van der Waals surface area contributed by atoms with E-state index in [9.17, 15) is 19.2 Å². The van der Waals surface area contributed by atoms with Crippen molar-refractivity contribution in [1.82, 2.24) is 0 Å². The van der Waals surface area contributed by atoms with Crippen molar-refractivity contribution in [2.24, 2.45) is 23.7 Å². The van der Waals surface area contributed by atoms with Gasteiger partial charge in [0, 0.05) is 24.7 Å². The van der Waals surface area contributed by atoms with Gasteiger partial charge in [-0.05, 0) is 74.4 Å². The molecule has 2 aliphatic heterocycles. The van der Waals surface area contributed by atoms with Gasteiger partial charge in [0.05, 0.1) is 23.4 Å². The Morgan fingerprint density at radius 2 is 1.69 bits per heavy atom. The summed E-state index contributed by atoms with van der Waals surface area (Å²) in [5, 5.41) is 0. The zero-order valence-corrected chi connectivity index (χ0v) is 20.3. The fourth-order valence-corrected chi connectivity index (χ4v) is 5.54. The lowest BCUT2D eigenvalue weighted by Crippen LogP contribution is -2.31. The van der Waals surface area contributed by atoms with Gasteiger partial charge in [-0.15, -0.1) is 0 Å². The average molecular weight is 475 g/mol. The van der Waals surface area contributed by atoms with E-state index in [0.717, 1.165) is 36.1 Å². The highest BCUT2D eigenvalue weighted by Gasteiger charge is 2.50. The molecule has 1 aliphatic carbocycles. The van der Waals surface area contributed by atoms with Crippen LogP contribution in [0.25, 0.3) is 0 Å². The minimum absolute atomic E-state index is 0.0795. The second kappa shape index (κ2) is 8.95. The summed E-state index contributed by atoms with van der Waals surface area (Å²) < 4.78 is 5.61. The fraction of sp³-hybridized carbons (Fsp3) is 0.429. The number of nitrogens with zero attached hydrogens (tertiary/aromatic N) is 2. The molecule has 2 aromatic carbocycles. The second-order valence-electron chi connectivity index (χ2n) is 10.2. The molecule has 2 aromatic rings. The number of hydrogen-bond acceptors (Lipinski definition) is 5. The van der Waals surface area contributed by atoms with Crippen LogP contribution in [0.1, 0.15) is 43.7 Å². The Morgan fingerprint density at radius 1 is 0.914 bits per heavy atom. The van der Waals surface area contributed by atoms with Crippen molar-refractivity contribution in [2.75, 3.05) is 16.3 Å². The van der Waals surface area contributed by atoms with Crippen LogP contribution in [0.15, 0.2) is 42.5 Å². The van der Waals surface area contributed by atoms with Gasteiger partial charge < -0.3 is 9.64 Å². The molecular weight excluding hydrogens is 444 g/mol. The van der Waals surface area contributed by atoms with Gasteiger partial charge in [-0.1, -0.05) is 19.1 Å². The molecule has 0 spiro atoms. The van der Waals surface area contributed by atoms with Gasteiger partial charge in [-0.3, -0.25) is 19.2 Å². The Labute approximate surface area is 205 Å². The van der Waals surface area contributed by atoms with Crippen molar-refractivity contribution in [3.05, 3.63) is 53.6 Å². The predicted molar refractivity (Wildman–Crippen MR) is 131 cm³/mol. The van der Waals surface area contributed by atoms with Crippen molar-refractivity contribution in [3.63, 3.8) is 0 Å². The molecule has 3 aliphatic rings. The maximum absolute atomic E-state index is 13.0. The third-order valence-corrected chi connectivity index (χ3v) is 7.74. The number of carbonyl (C=O) groups excluding carboxylic acids is 4. The molecule has 3 amide bonds. The number of amides is 3. The van der Waals surface area contributed by atoms with Crippen LogP contribution in [-0.2, 0) is 19.2 Å². The number of imide groups is 1. The van der Waals surface area contributed by atoms with Gasteiger partial charge in [0.25, 0.3) is 0 Å². The number of esters is 1. The van der Waals surface area contributed by atoms with Crippen molar-refractivity contribution < 1.29 is 23.9 Å². The van der Waals surface area contributed by atoms with Crippen molar-refractivity contribution in [1.29, 1.82) is 0 Å². The van der Waals surface area contributed by atoms with E-state index in [1.54, 1.807) is 29.2 Å². The smallest absolute Gasteiger partial charge is 0.316 e. The van der Waals surface area contributed by atoms with Gasteiger partial charge >= 0.3 is 5.97 Å². The first-order valence-corrected chi connectivity index (χ1v) is 12.3. The van der Waals surface area contributed by atoms with Crippen molar-refractivity contribution in [2.45, 2.75) is 46.5 Å². The van der Waals surface area contributed by atoms with Crippen molar-refractivity contribution in [3.8, 4) is 5.75 Å². The minimum atomic E-state index is -0.591. The molecule has 3 fully saturated rings. The van der Waals surface area contributed by atoms with Crippen LogP contribution in [-0.4, -0.2) is 30.2 Å². The Balaban J connectivity index is 1.29. The maximum atomic E-state index is 13.0. The molecule has 1 saturated carbocycles. The van der Waals surface area contributed by atoms with E-state index >= 15 is 0 Å². The molecule has 5 rings (SSSR count). The standard InChI is InChI=1S/C28H30N2O5/c1-16-7-10-23-24(11-16)27(33)30(26(23)32)21-5-4-6-22(14-21)35-28(34)19-13-25(31)29(15-19)20-9-8-17(2)18(3)12-20/h4-6,8-9,12,14,16,19,23-24H,7,10-11,13,15H2,1-3H3/t16-,19-,23-,24-/m1/s1. The van der Waals surface area contributed by atoms with Gasteiger partial charge in [0.1, 0.15) is 5.75 Å². The summed E-state index contributed by atoms with van der Waals surface area (Å²) in [4.78, 5) is 54.5. The molecule has 7 nitrogen and oxygen atoms in total. The number of carbonyl (C=O) groups is 4. The summed E-state index contributed by atoms with van der Waals surface area (Å²) in [5.74, 6) is -1.37. The Kier molecular flexibility index (Phi) is 5.95.